The first kappa shape index (κ1) is 32.0. The Morgan fingerprint density at radius 1 is 1.06 bits per heavy atom. The van der Waals surface area contributed by atoms with Crippen molar-refractivity contribution in [2.75, 3.05) is 29.5 Å². The average Bonchev–Trinajstić information content (AvgIpc) is 3.61. The molecule has 0 radical (unpaired) electrons. The number of nitrogens with one attached hydrogen (secondary N) is 2. The van der Waals surface area contributed by atoms with Gasteiger partial charge in [-0.15, -0.1) is 0 Å². The van der Waals surface area contributed by atoms with Crippen molar-refractivity contribution in [3.8, 4) is 28.2 Å². The third kappa shape index (κ3) is 6.49. The highest BCUT2D eigenvalue weighted by Crippen LogP contribution is 2.43. The summed E-state index contributed by atoms with van der Waals surface area (Å²) in [5.74, 6) is -0.486. The normalized spacial score (nSPS) is 14.4. The third-order valence-electron chi connectivity index (χ3n) is 7.78. The molecule has 1 unspecified atom stereocenters. The molecule has 6 rings (SSSR count). The van der Waals surface area contributed by atoms with Crippen LogP contribution >= 0.6 is 0 Å². The number of aliphatic hydroxyl groups is 1. The zero-order valence-electron chi connectivity index (χ0n) is 26.0. The highest BCUT2D eigenvalue weighted by Gasteiger charge is 2.30. The molecule has 0 saturated heterocycles. The first-order chi connectivity index (χ1) is 22.2. The Kier molecular flexibility index (Phi) is 8.14. The second kappa shape index (κ2) is 12.0. The van der Waals surface area contributed by atoms with Crippen molar-refractivity contribution in [2.45, 2.75) is 32.1 Å². The lowest BCUT2D eigenvalue weighted by molar-refractivity contribution is 0.0740. The van der Waals surface area contributed by atoms with Gasteiger partial charge in [0, 0.05) is 47.9 Å². The standard InChI is InChI=1S/C34H32F2N4O6S/c1-34(2,42)11-13-40(47(4,43)44)26-18-28-25(29(32(41)37-3)30(45-28)19-7-9-22(35)10-8-19)17-24(26)20-14-21(16-23(36)15-20)33-39-31-27(46-33)6-5-12-38-31/h5-10,12,14-18,33,42H,11,13H2,1-4H3,(H,37,41)(H,38,39). The molecule has 13 heteroatoms. The number of benzene rings is 3. The number of nitrogens with zero attached hydrogens (tertiary/aromatic N) is 2. The largest absolute Gasteiger partial charge is 0.463 e. The van der Waals surface area contributed by atoms with E-state index >= 15 is 4.39 Å². The number of furan rings is 1. The number of amides is 1. The minimum atomic E-state index is -3.97. The van der Waals surface area contributed by atoms with E-state index in [1.165, 1.54) is 49.5 Å². The Morgan fingerprint density at radius 2 is 1.81 bits per heavy atom. The van der Waals surface area contributed by atoms with Gasteiger partial charge in [0.05, 0.1) is 23.1 Å². The number of sulfonamides is 1. The topological polar surface area (TPSA) is 134 Å². The monoisotopic (exact) mass is 662 g/mol. The van der Waals surface area contributed by atoms with Crippen molar-refractivity contribution in [2.24, 2.45) is 0 Å². The summed E-state index contributed by atoms with van der Waals surface area (Å²) in [7, 11) is -2.52. The van der Waals surface area contributed by atoms with Crippen LogP contribution in [0.3, 0.4) is 0 Å². The molecule has 10 nitrogen and oxygen atoms in total. The fourth-order valence-electron chi connectivity index (χ4n) is 5.51. The van der Waals surface area contributed by atoms with Crippen molar-refractivity contribution in [1.82, 2.24) is 10.3 Å². The maximum absolute atomic E-state index is 15.4. The number of aromatic nitrogens is 1. The van der Waals surface area contributed by atoms with Crippen molar-refractivity contribution in [3.63, 3.8) is 0 Å². The van der Waals surface area contributed by atoms with Crippen molar-refractivity contribution >= 4 is 38.4 Å². The lowest BCUT2D eigenvalue weighted by Crippen LogP contribution is -2.35. The predicted octanol–water partition coefficient (Wildman–Crippen LogP) is 6.23. The number of halogens is 2. The number of anilines is 2. The molecule has 0 bridgehead atoms. The summed E-state index contributed by atoms with van der Waals surface area (Å²) < 4.78 is 69.1. The smallest absolute Gasteiger partial charge is 0.255 e. The van der Waals surface area contributed by atoms with Gasteiger partial charge >= 0.3 is 0 Å². The molecule has 0 fully saturated rings. The van der Waals surface area contributed by atoms with Crippen LogP contribution in [-0.4, -0.2) is 49.9 Å². The molecule has 0 spiro atoms. The number of carbonyl (C=O) groups is 1. The molecule has 1 amide bonds. The number of hydrogen-bond acceptors (Lipinski definition) is 8. The van der Waals surface area contributed by atoms with Crippen LogP contribution in [0.15, 0.2) is 77.3 Å². The number of rotatable bonds is 9. The molecular weight excluding hydrogens is 630 g/mol. The molecule has 5 aromatic rings. The zero-order valence-corrected chi connectivity index (χ0v) is 26.8. The van der Waals surface area contributed by atoms with Crippen molar-refractivity contribution in [3.05, 3.63) is 95.7 Å². The fourth-order valence-corrected chi connectivity index (χ4v) is 6.44. The molecule has 3 N–H and O–H groups in total. The van der Waals surface area contributed by atoms with Gasteiger partial charge in [-0.1, -0.05) is 0 Å². The molecule has 1 aliphatic heterocycles. The Balaban J connectivity index is 1.60. The quantitative estimate of drug-likeness (QED) is 0.169. The Bertz CT molecular complexity index is 2090. The number of ether oxygens (including phenoxy) is 1. The summed E-state index contributed by atoms with van der Waals surface area (Å²) in [4.78, 5) is 17.6. The van der Waals surface area contributed by atoms with Gasteiger partial charge in [0.1, 0.15) is 23.0 Å². The van der Waals surface area contributed by atoms with E-state index in [-0.39, 0.29) is 46.7 Å². The second-order valence-electron chi connectivity index (χ2n) is 11.9. The van der Waals surface area contributed by atoms with Gasteiger partial charge in [0.25, 0.3) is 5.91 Å². The summed E-state index contributed by atoms with van der Waals surface area (Å²) in [6.45, 7) is 3.01. The average molecular weight is 663 g/mol. The first-order valence-electron chi connectivity index (χ1n) is 14.7. The third-order valence-corrected chi connectivity index (χ3v) is 8.96. The zero-order chi connectivity index (χ0) is 33.7. The van der Waals surface area contributed by atoms with Gasteiger partial charge in [-0.25, -0.2) is 22.2 Å². The molecule has 47 heavy (non-hydrogen) atoms. The SMILES string of the molecule is CNC(=O)c1c(-c2ccc(F)cc2)oc2cc(N(CCC(C)(C)O)S(C)(=O)=O)c(-c3cc(F)cc(C4Nc5ncccc5O4)c3)cc12. The van der Waals surface area contributed by atoms with E-state index in [1.807, 2.05) is 0 Å². The molecule has 1 aliphatic rings. The predicted molar refractivity (Wildman–Crippen MR) is 175 cm³/mol. The van der Waals surface area contributed by atoms with E-state index < -0.39 is 39.4 Å². The molecule has 1 atom stereocenters. The summed E-state index contributed by atoms with van der Waals surface area (Å²) in [6, 6.07) is 16.1. The number of carbonyl (C=O) groups excluding carboxylic acids is 1. The van der Waals surface area contributed by atoms with Gasteiger partial charge in [-0.2, -0.15) is 0 Å². The minimum Gasteiger partial charge on any atom is -0.463 e. The highest BCUT2D eigenvalue weighted by atomic mass is 32.2. The van der Waals surface area contributed by atoms with E-state index in [0.717, 1.165) is 10.6 Å². The maximum atomic E-state index is 15.4. The number of pyridine rings is 1. The van der Waals surface area contributed by atoms with Crippen LogP contribution in [0.5, 0.6) is 5.75 Å². The number of fused-ring (bicyclic) bond motifs is 2. The lowest BCUT2D eigenvalue weighted by atomic mass is 9.96. The Labute approximate surface area is 270 Å². The summed E-state index contributed by atoms with van der Waals surface area (Å²) in [6.07, 6.45) is 1.91. The van der Waals surface area contributed by atoms with Gasteiger partial charge in [-0.05, 0) is 86.5 Å². The second-order valence-corrected chi connectivity index (χ2v) is 13.8. The van der Waals surface area contributed by atoms with E-state index in [2.05, 4.69) is 15.6 Å². The van der Waals surface area contributed by atoms with Crippen LogP contribution in [0.1, 0.15) is 42.4 Å². The van der Waals surface area contributed by atoms with E-state index in [0.29, 0.717) is 28.1 Å². The first-order valence-corrected chi connectivity index (χ1v) is 16.5. The summed E-state index contributed by atoms with van der Waals surface area (Å²) >= 11 is 0. The Morgan fingerprint density at radius 3 is 2.47 bits per heavy atom. The van der Waals surface area contributed by atoms with E-state index in [4.69, 9.17) is 9.15 Å². The fraction of sp³-hybridized carbons (Fsp3) is 0.235. The van der Waals surface area contributed by atoms with Crippen LogP contribution in [0.25, 0.3) is 33.4 Å². The number of hydrogen-bond donors (Lipinski definition) is 3. The molecule has 244 valence electrons. The molecule has 3 heterocycles. The molecule has 3 aromatic carbocycles. The van der Waals surface area contributed by atoms with E-state index in [1.54, 1.807) is 44.3 Å². The van der Waals surface area contributed by atoms with Gasteiger partial charge in [0.15, 0.2) is 17.8 Å². The van der Waals surface area contributed by atoms with E-state index in [9.17, 15) is 22.7 Å². The summed E-state index contributed by atoms with van der Waals surface area (Å²) in [5.41, 5.74) is 0.588. The van der Waals surface area contributed by atoms with Crippen LogP contribution in [-0.2, 0) is 10.0 Å². The minimum absolute atomic E-state index is 0.0690. The van der Waals surface area contributed by atoms with Gasteiger partial charge < -0.3 is 24.9 Å². The van der Waals surface area contributed by atoms with Crippen LogP contribution < -0.4 is 19.7 Å². The van der Waals surface area contributed by atoms with Crippen molar-refractivity contribution < 1.29 is 36.3 Å². The highest BCUT2D eigenvalue weighted by molar-refractivity contribution is 7.92. The van der Waals surface area contributed by atoms with Gasteiger partial charge in [-0.3, -0.25) is 9.10 Å². The Hall–Kier alpha value is -5.01. The van der Waals surface area contributed by atoms with Crippen LogP contribution in [0.4, 0.5) is 20.3 Å². The maximum Gasteiger partial charge on any atom is 0.255 e. The molecule has 0 aliphatic carbocycles. The van der Waals surface area contributed by atoms with Crippen molar-refractivity contribution in [1.29, 1.82) is 0 Å². The molecule has 0 saturated carbocycles. The van der Waals surface area contributed by atoms with Gasteiger partial charge in [0.2, 0.25) is 10.0 Å². The van der Waals surface area contributed by atoms with Crippen LogP contribution in [0, 0.1) is 11.6 Å². The van der Waals surface area contributed by atoms with Crippen LogP contribution in [0.2, 0.25) is 0 Å². The summed E-state index contributed by atoms with van der Waals surface area (Å²) in [5, 5.41) is 16.5. The molecule has 2 aromatic heterocycles. The lowest BCUT2D eigenvalue weighted by Gasteiger charge is -2.28. The molecular formula is C34H32F2N4O6S.